The molecule has 2 amide bonds. The van der Waals surface area contributed by atoms with Gasteiger partial charge in [0.1, 0.15) is 17.4 Å². The summed E-state index contributed by atoms with van der Waals surface area (Å²) in [6.07, 6.45) is 2.88. The fourth-order valence-electron chi connectivity index (χ4n) is 2.82. The molecule has 26 heavy (non-hydrogen) atoms. The van der Waals surface area contributed by atoms with Gasteiger partial charge in [-0.25, -0.2) is 8.78 Å². The van der Waals surface area contributed by atoms with Gasteiger partial charge < -0.3 is 4.74 Å². The summed E-state index contributed by atoms with van der Waals surface area (Å²) in [5.41, 5.74) is 0.982. The average molecular weight is 357 g/mol. The fourth-order valence-corrected chi connectivity index (χ4v) is 2.82. The van der Waals surface area contributed by atoms with Crippen molar-refractivity contribution in [2.75, 3.05) is 7.11 Å². The number of carbonyl (C=O) groups excluding carboxylic acids is 2. The van der Waals surface area contributed by atoms with E-state index >= 15 is 0 Å². The molecule has 1 heterocycles. The van der Waals surface area contributed by atoms with Gasteiger partial charge in [-0.05, 0) is 36.6 Å². The van der Waals surface area contributed by atoms with Gasteiger partial charge in [0, 0.05) is 23.3 Å². The van der Waals surface area contributed by atoms with Crippen molar-refractivity contribution in [1.82, 2.24) is 4.90 Å². The molecule has 6 heteroatoms. The molecule has 0 bridgehead atoms. The maximum atomic E-state index is 14.7. The molecule has 0 aromatic heterocycles. The number of hydrogen-bond donors (Lipinski definition) is 0. The number of benzene rings is 2. The summed E-state index contributed by atoms with van der Waals surface area (Å²) < 4.78 is 33.9. The minimum atomic E-state index is -0.717. The van der Waals surface area contributed by atoms with Crippen molar-refractivity contribution in [1.29, 1.82) is 0 Å². The van der Waals surface area contributed by atoms with Crippen LogP contribution in [0.3, 0.4) is 0 Å². The van der Waals surface area contributed by atoms with E-state index in [1.807, 2.05) is 12.1 Å². The van der Waals surface area contributed by atoms with Crippen LogP contribution in [0.15, 0.2) is 48.6 Å². The van der Waals surface area contributed by atoms with Crippen LogP contribution >= 0.6 is 0 Å². The van der Waals surface area contributed by atoms with Gasteiger partial charge in [0.2, 0.25) is 0 Å². The van der Waals surface area contributed by atoms with E-state index in [2.05, 4.69) is 0 Å². The van der Waals surface area contributed by atoms with Gasteiger partial charge >= 0.3 is 0 Å². The van der Waals surface area contributed by atoms with Crippen LogP contribution in [0.5, 0.6) is 5.75 Å². The minimum Gasteiger partial charge on any atom is -0.497 e. The molecule has 1 aliphatic rings. The summed E-state index contributed by atoms with van der Waals surface area (Å²) in [6, 6.07) is 9.68. The van der Waals surface area contributed by atoms with Crippen molar-refractivity contribution in [3.63, 3.8) is 0 Å². The monoisotopic (exact) mass is 357 g/mol. The Balaban J connectivity index is 1.76. The Hall–Kier alpha value is -3.02. The number of nitrogens with zero attached hydrogens (tertiary/aromatic N) is 1. The lowest BCUT2D eigenvalue weighted by molar-refractivity contribution is -0.137. The zero-order valence-electron chi connectivity index (χ0n) is 14.2. The van der Waals surface area contributed by atoms with Gasteiger partial charge in [-0.15, -0.1) is 0 Å². The van der Waals surface area contributed by atoms with Crippen LogP contribution in [-0.4, -0.2) is 23.8 Å². The Bertz CT molecular complexity index is 857. The van der Waals surface area contributed by atoms with E-state index in [0.717, 1.165) is 22.6 Å². The molecule has 134 valence electrons. The third-order valence-electron chi connectivity index (χ3n) is 4.32. The molecule has 0 atom stereocenters. The van der Waals surface area contributed by atoms with Crippen molar-refractivity contribution >= 4 is 11.8 Å². The lowest BCUT2D eigenvalue weighted by Gasteiger charge is -2.16. The smallest absolute Gasteiger partial charge is 0.253 e. The van der Waals surface area contributed by atoms with Gasteiger partial charge in [-0.3, -0.25) is 14.5 Å². The van der Waals surface area contributed by atoms with Crippen LogP contribution in [-0.2, 0) is 29.0 Å². The van der Waals surface area contributed by atoms with Gasteiger partial charge in [0.05, 0.1) is 13.7 Å². The second-order valence-corrected chi connectivity index (χ2v) is 5.94. The third-order valence-corrected chi connectivity index (χ3v) is 4.32. The summed E-state index contributed by atoms with van der Waals surface area (Å²) in [7, 11) is 1.57. The van der Waals surface area contributed by atoms with Crippen molar-refractivity contribution < 1.29 is 23.1 Å². The molecule has 3 rings (SSSR count). The molecule has 0 unspecified atom stereocenters. The minimum absolute atomic E-state index is 0.0506. The zero-order valence-corrected chi connectivity index (χ0v) is 14.2. The van der Waals surface area contributed by atoms with Crippen LogP contribution in [0.4, 0.5) is 8.78 Å². The van der Waals surface area contributed by atoms with Crippen LogP contribution < -0.4 is 4.74 Å². The summed E-state index contributed by atoms with van der Waals surface area (Å²) >= 11 is 0. The molecule has 0 saturated heterocycles. The number of imide groups is 1. The summed E-state index contributed by atoms with van der Waals surface area (Å²) in [6.45, 7) is -0.216. The Morgan fingerprint density at radius 3 is 2.19 bits per heavy atom. The number of halogens is 2. The van der Waals surface area contributed by atoms with Gasteiger partial charge in [-0.2, -0.15) is 0 Å². The first-order chi connectivity index (χ1) is 12.5. The molecule has 0 N–H and O–H groups in total. The predicted molar refractivity (Wildman–Crippen MR) is 91.5 cm³/mol. The average Bonchev–Trinajstić information content (AvgIpc) is 2.96. The second kappa shape index (κ2) is 7.47. The first-order valence-corrected chi connectivity index (χ1v) is 8.12. The number of hydrogen-bond acceptors (Lipinski definition) is 3. The maximum absolute atomic E-state index is 14.7. The Morgan fingerprint density at radius 1 is 0.923 bits per heavy atom. The lowest BCUT2D eigenvalue weighted by Crippen LogP contribution is -2.29. The van der Waals surface area contributed by atoms with E-state index in [1.54, 1.807) is 19.2 Å². The number of carbonyl (C=O) groups is 2. The van der Waals surface area contributed by atoms with Crippen LogP contribution in [0.25, 0.3) is 0 Å². The third kappa shape index (κ3) is 3.64. The fraction of sp³-hybridized carbons (Fsp3) is 0.200. The predicted octanol–water partition coefficient (Wildman–Crippen LogP) is 3.18. The molecule has 1 aliphatic heterocycles. The van der Waals surface area contributed by atoms with Crippen LogP contribution in [0.1, 0.15) is 16.7 Å². The molecule has 0 spiro atoms. The molecular formula is C20H17F2NO3. The maximum Gasteiger partial charge on any atom is 0.253 e. The molecule has 0 radical (unpaired) electrons. The van der Waals surface area contributed by atoms with E-state index in [9.17, 15) is 18.4 Å². The van der Waals surface area contributed by atoms with E-state index < -0.39 is 23.4 Å². The van der Waals surface area contributed by atoms with E-state index in [-0.39, 0.29) is 24.1 Å². The van der Waals surface area contributed by atoms with E-state index in [1.165, 1.54) is 12.1 Å². The first kappa shape index (κ1) is 17.8. The van der Waals surface area contributed by atoms with Crippen molar-refractivity contribution in [3.8, 4) is 5.75 Å². The molecule has 0 aliphatic carbocycles. The van der Waals surface area contributed by atoms with Crippen molar-refractivity contribution in [3.05, 3.63) is 76.9 Å². The standard InChI is InChI=1S/C20H17F2NO3/c1-26-15-6-2-13(3-7-15)4-8-16-17(21)9-5-14(20(16)22)12-23-18(24)10-11-19(23)25/h2-3,5-7,9-11H,4,8,12H2,1H3. The van der Waals surface area contributed by atoms with Gasteiger partial charge in [0.25, 0.3) is 11.8 Å². The van der Waals surface area contributed by atoms with Crippen LogP contribution in [0, 0.1) is 11.6 Å². The highest BCUT2D eigenvalue weighted by Crippen LogP contribution is 2.22. The molecule has 2 aromatic carbocycles. The Labute approximate surface area is 149 Å². The number of aryl methyl sites for hydroxylation is 1. The summed E-state index contributed by atoms with van der Waals surface area (Å²) in [5.74, 6) is -1.65. The number of ether oxygens (including phenoxy) is 1. The topological polar surface area (TPSA) is 46.6 Å². The summed E-state index contributed by atoms with van der Waals surface area (Å²) in [5, 5.41) is 0. The van der Waals surface area contributed by atoms with E-state index in [4.69, 9.17) is 4.74 Å². The normalized spacial score (nSPS) is 13.6. The molecular weight excluding hydrogens is 340 g/mol. The number of methoxy groups -OCH3 is 1. The zero-order chi connectivity index (χ0) is 18.7. The molecule has 4 nitrogen and oxygen atoms in total. The number of amides is 2. The molecule has 0 saturated carbocycles. The summed E-state index contributed by atoms with van der Waals surface area (Å²) in [4.78, 5) is 24.2. The lowest BCUT2D eigenvalue weighted by atomic mass is 10.0. The van der Waals surface area contributed by atoms with Gasteiger partial charge in [0.15, 0.2) is 0 Å². The first-order valence-electron chi connectivity index (χ1n) is 8.12. The highest BCUT2D eigenvalue weighted by molar-refractivity contribution is 6.12. The van der Waals surface area contributed by atoms with Crippen LogP contribution in [0.2, 0.25) is 0 Å². The number of rotatable bonds is 6. The van der Waals surface area contributed by atoms with E-state index in [0.29, 0.717) is 12.2 Å². The molecule has 2 aromatic rings. The van der Waals surface area contributed by atoms with Crippen molar-refractivity contribution in [2.45, 2.75) is 19.4 Å². The quantitative estimate of drug-likeness (QED) is 0.746. The SMILES string of the molecule is COc1ccc(CCc2c(F)ccc(CN3C(=O)C=CC3=O)c2F)cc1. The second-order valence-electron chi connectivity index (χ2n) is 5.94. The molecule has 0 fully saturated rings. The Morgan fingerprint density at radius 2 is 1.58 bits per heavy atom. The van der Waals surface area contributed by atoms with Crippen molar-refractivity contribution in [2.24, 2.45) is 0 Å². The van der Waals surface area contributed by atoms with Gasteiger partial charge in [-0.1, -0.05) is 18.2 Å². The largest absolute Gasteiger partial charge is 0.497 e. The highest BCUT2D eigenvalue weighted by Gasteiger charge is 2.25. The Kier molecular flexibility index (Phi) is 5.11. The highest BCUT2D eigenvalue weighted by atomic mass is 19.1.